The molecule has 0 spiro atoms. The molecule has 0 saturated heterocycles. The molecule has 0 aliphatic carbocycles. The van der Waals surface area contributed by atoms with Gasteiger partial charge >= 0.3 is 5.97 Å². The first-order valence-corrected chi connectivity index (χ1v) is 10.00. The topological polar surface area (TPSA) is 108 Å². The highest BCUT2D eigenvalue weighted by molar-refractivity contribution is 7.92. The quantitative estimate of drug-likeness (QED) is 0.419. The van der Waals surface area contributed by atoms with Crippen molar-refractivity contribution in [2.45, 2.75) is 25.7 Å². The number of nitrogens with zero attached hydrogens (tertiary/aromatic N) is 1. The van der Waals surface area contributed by atoms with Crippen LogP contribution in [-0.4, -0.2) is 21.0 Å². The maximum absolute atomic E-state index is 12.6. The van der Waals surface area contributed by atoms with Crippen molar-refractivity contribution in [1.29, 1.82) is 5.26 Å². The molecule has 28 heavy (non-hydrogen) atoms. The molecule has 7 nitrogen and oxygen atoms in total. The molecule has 8 heteroatoms. The Labute approximate surface area is 164 Å². The van der Waals surface area contributed by atoms with E-state index >= 15 is 0 Å². The number of rotatable bonds is 7. The molecule has 0 heterocycles. The van der Waals surface area contributed by atoms with Crippen LogP contribution in [0.15, 0.2) is 59.1 Å². The number of carbonyl (C=O) groups is 1. The fraction of sp³-hybridized carbons (Fsp3) is 0.200. The predicted molar refractivity (Wildman–Crippen MR) is 107 cm³/mol. The molecular formula is C20H21N3O4S. The molecule has 146 valence electrons. The lowest BCUT2D eigenvalue weighted by Gasteiger charge is -2.13. The number of aryl methyl sites for hydroxylation is 2. The third-order valence-corrected chi connectivity index (χ3v) is 5.25. The summed E-state index contributed by atoms with van der Waals surface area (Å²) in [4.78, 5) is 11.7. The molecule has 0 aliphatic rings. The first kappa shape index (κ1) is 21.0. The fourth-order valence-corrected chi connectivity index (χ4v) is 3.60. The number of para-hydroxylation sites is 1. The Hall–Kier alpha value is -3.31. The highest BCUT2D eigenvalue weighted by Crippen LogP contribution is 2.24. The SMILES string of the molecule is CCOC(=O)/C(C#N)=C\Nc1ccc(S(=O)(=O)Nc2c(C)cccc2C)cc1. The van der Waals surface area contributed by atoms with Gasteiger partial charge in [-0.15, -0.1) is 0 Å². The van der Waals surface area contributed by atoms with Crippen LogP contribution in [-0.2, 0) is 19.6 Å². The van der Waals surface area contributed by atoms with Crippen LogP contribution >= 0.6 is 0 Å². The smallest absolute Gasteiger partial charge is 0.350 e. The number of anilines is 2. The van der Waals surface area contributed by atoms with Crippen molar-refractivity contribution >= 4 is 27.4 Å². The number of ether oxygens (including phenoxy) is 1. The summed E-state index contributed by atoms with van der Waals surface area (Å²) in [6.07, 6.45) is 1.22. The minimum Gasteiger partial charge on any atom is -0.462 e. The molecule has 0 atom stereocenters. The summed E-state index contributed by atoms with van der Waals surface area (Å²) < 4.78 is 32.7. The molecule has 0 bridgehead atoms. The Kier molecular flexibility index (Phi) is 6.79. The van der Waals surface area contributed by atoms with E-state index in [-0.39, 0.29) is 17.1 Å². The maximum atomic E-state index is 12.6. The van der Waals surface area contributed by atoms with Crippen molar-refractivity contribution in [2.75, 3.05) is 16.6 Å². The van der Waals surface area contributed by atoms with Crippen LogP contribution < -0.4 is 10.0 Å². The van der Waals surface area contributed by atoms with Crippen molar-refractivity contribution in [3.05, 3.63) is 65.4 Å². The van der Waals surface area contributed by atoms with Gasteiger partial charge in [-0.3, -0.25) is 4.72 Å². The van der Waals surface area contributed by atoms with Crippen LogP contribution in [0.5, 0.6) is 0 Å². The lowest BCUT2D eigenvalue weighted by Crippen LogP contribution is -2.14. The minimum absolute atomic E-state index is 0.0931. The largest absolute Gasteiger partial charge is 0.462 e. The van der Waals surface area contributed by atoms with Crippen molar-refractivity contribution in [2.24, 2.45) is 0 Å². The van der Waals surface area contributed by atoms with Crippen LogP contribution in [0.25, 0.3) is 0 Å². The van der Waals surface area contributed by atoms with Crippen LogP contribution in [0, 0.1) is 25.2 Å². The van der Waals surface area contributed by atoms with E-state index in [0.29, 0.717) is 11.4 Å². The normalized spacial score (nSPS) is 11.4. The van der Waals surface area contributed by atoms with Gasteiger partial charge in [0.15, 0.2) is 5.57 Å². The number of hydrogen-bond acceptors (Lipinski definition) is 6. The van der Waals surface area contributed by atoms with E-state index < -0.39 is 16.0 Å². The molecule has 0 aromatic heterocycles. The van der Waals surface area contributed by atoms with Crippen molar-refractivity contribution in [3.8, 4) is 6.07 Å². The van der Waals surface area contributed by atoms with Gasteiger partial charge in [-0.1, -0.05) is 18.2 Å². The molecule has 0 aliphatic heterocycles. The van der Waals surface area contributed by atoms with Gasteiger partial charge in [0, 0.05) is 11.9 Å². The van der Waals surface area contributed by atoms with E-state index in [1.165, 1.54) is 30.5 Å². The summed E-state index contributed by atoms with van der Waals surface area (Å²) in [5, 5.41) is 11.8. The predicted octanol–water partition coefficient (Wildman–Crippen LogP) is 3.49. The van der Waals surface area contributed by atoms with E-state index in [4.69, 9.17) is 10.00 Å². The van der Waals surface area contributed by atoms with Gasteiger partial charge in [0.05, 0.1) is 17.2 Å². The summed E-state index contributed by atoms with van der Waals surface area (Å²) >= 11 is 0. The van der Waals surface area contributed by atoms with Crippen molar-refractivity contribution < 1.29 is 17.9 Å². The monoisotopic (exact) mass is 399 g/mol. The molecular weight excluding hydrogens is 378 g/mol. The molecule has 0 unspecified atom stereocenters. The van der Waals surface area contributed by atoms with Crippen LogP contribution in [0.1, 0.15) is 18.1 Å². The number of hydrogen-bond donors (Lipinski definition) is 2. The zero-order valence-corrected chi connectivity index (χ0v) is 16.6. The number of benzene rings is 2. The van der Waals surface area contributed by atoms with Gasteiger partial charge in [0.1, 0.15) is 6.07 Å². The van der Waals surface area contributed by atoms with Crippen LogP contribution in [0.4, 0.5) is 11.4 Å². The summed E-state index contributed by atoms with van der Waals surface area (Å²) in [6, 6.07) is 13.2. The third-order valence-electron chi connectivity index (χ3n) is 3.88. The molecule has 2 aromatic rings. The van der Waals surface area contributed by atoms with E-state index in [9.17, 15) is 13.2 Å². The van der Waals surface area contributed by atoms with Crippen molar-refractivity contribution in [3.63, 3.8) is 0 Å². The Morgan fingerprint density at radius 3 is 2.29 bits per heavy atom. The van der Waals surface area contributed by atoms with Crippen LogP contribution in [0.2, 0.25) is 0 Å². The second kappa shape index (κ2) is 9.06. The molecule has 0 fully saturated rings. The summed E-state index contributed by atoms with van der Waals surface area (Å²) in [7, 11) is -3.75. The molecule has 0 saturated carbocycles. The van der Waals surface area contributed by atoms with Gasteiger partial charge in [0.25, 0.3) is 10.0 Å². The van der Waals surface area contributed by atoms with Crippen molar-refractivity contribution in [1.82, 2.24) is 0 Å². The lowest BCUT2D eigenvalue weighted by molar-refractivity contribution is -0.138. The van der Waals surface area contributed by atoms with E-state index in [2.05, 4.69) is 10.0 Å². The Morgan fingerprint density at radius 2 is 1.75 bits per heavy atom. The van der Waals surface area contributed by atoms with Gasteiger partial charge in [-0.25, -0.2) is 13.2 Å². The fourth-order valence-electron chi connectivity index (χ4n) is 2.40. The Balaban J connectivity index is 2.17. The second-order valence-electron chi connectivity index (χ2n) is 5.93. The van der Waals surface area contributed by atoms with Crippen LogP contribution in [0.3, 0.4) is 0 Å². The van der Waals surface area contributed by atoms with Gasteiger partial charge in [-0.05, 0) is 56.2 Å². The number of sulfonamides is 1. The third kappa shape index (κ3) is 5.11. The lowest BCUT2D eigenvalue weighted by atomic mass is 10.1. The molecule has 0 radical (unpaired) electrons. The molecule has 0 amide bonds. The number of nitriles is 1. The molecule has 2 N–H and O–H groups in total. The van der Waals surface area contributed by atoms with Gasteiger partial charge in [-0.2, -0.15) is 5.26 Å². The van der Waals surface area contributed by atoms with E-state index in [1.54, 1.807) is 13.0 Å². The minimum atomic E-state index is -3.75. The summed E-state index contributed by atoms with van der Waals surface area (Å²) in [5.41, 5.74) is 2.55. The first-order chi connectivity index (χ1) is 13.3. The zero-order valence-electron chi connectivity index (χ0n) is 15.8. The average molecular weight is 399 g/mol. The second-order valence-corrected chi connectivity index (χ2v) is 7.61. The molecule has 2 rings (SSSR count). The standard InChI is InChI=1S/C20H21N3O4S/c1-4-27-20(24)16(12-21)13-22-17-8-10-18(11-9-17)28(25,26)23-19-14(2)6-5-7-15(19)3/h5-11,13,22-23H,4H2,1-3H3/b16-13-. The van der Waals surface area contributed by atoms with E-state index in [0.717, 1.165) is 11.1 Å². The average Bonchev–Trinajstić information content (AvgIpc) is 2.66. The number of carbonyl (C=O) groups excluding carboxylic acids is 1. The molecule has 2 aromatic carbocycles. The Bertz CT molecular complexity index is 1020. The summed E-state index contributed by atoms with van der Waals surface area (Å²) in [5.74, 6) is -0.727. The van der Waals surface area contributed by atoms with Gasteiger partial charge < -0.3 is 10.1 Å². The highest BCUT2D eigenvalue weighted by atomic mass is 32.2. The first-order valence-electron chi connectivity index (χ1n) is 8.51. The van der Waals surface area contributed by atoms with E-state index in [1.807, 2.05) is 32.0 Å². The number of esters is 1. The summed E-state index contributed by atoms with van der Waals surface area (Å²) in [6.45, 7) is 5.48. The zero-order chi connectivity index (χ0) is 20.7. The van der Waals surface area contributed by atoms with Gasteiger partial charge in [0.2, 0.25) is 0 Å². The number of nitrogens with one attached hydrogen (secondary N) is 2. The highest BCUT2D eigenvalue weighted by Gasteiger charge is 2.16. The Morgan fingerprint density at radius 1 is 1.14 bits per heavy atom. The maximum Gasteiger partial charge on any atom is 0.350 e.